The molecule has 7 N–H and O–H groups in total. The summed E-state index contributed by atoms with van der Waals surface area (Å²) in [4.78, 5) is 0. The van der Waals surface area contributed by atoms with Crippen LogP contribution in [0.25, 0.3) is 0 Å². The van der Waals surface area contributed by atoms with Crippen LogP contribution in [-0.2, 0) is 18.9 Å². The van der Waals surface area contributed by atoms with E-state index in [0.717, 1.165) is 0 Å². The zero-order chi connectivity index (χ0) is 18.0. The summed E-state index contributed by atoms with van der Waals surface area (Å²) in [6, 6.07) is 0. The first-order valence-electron chi connectivity index (χ1n) is 7.46. The number of aliphatic hydroxyl groups excluding tert-OH is 7. The fourth-order valence-corrected chi connectivity index (χ4v) is 2.81. The number of methoxy groups -OCH3 is 1. The van der Waals surface area contributed by atoms with Gasteiger partial charge in [0, 0.05) is 7.11 Å². The topological polar surface area (TPSA) is 179 Å². The highest BCUT2D eigenvalue weighted by Gasteiger charge is 2.50. The highest BCUT2D eigenvalue weighted by Crippen LogP contribution is 2.29. The van der Waals surface area contributed by atoms with Crippen molar-refractivity contribution < 1.29 is 54.7 Å². The van der Waals surface area contributed by atoms with Crippen LogP contribution < -0.4 is 0 Å². The molecule has 0 unspecified atom stereocenters. The van der Waals surface area contributed by atoms with Crippen LogP contribution in [0.3, 0.4) is 0 Å². The Morgan fingerprint density at radius 1 is 0.750 bits per heavy atom. The number of ether oxygens (including phenoxy) is 4. The van der Waals surface area contributed by atoms with E-state index < -0.39 is 74.6 Å². The number of hydrogen-bond donors (Lipinski definition) is 7. The molecule has 2 fully saturated rings. The molecule has 0 aromatic rings. The molecule has 11 nitrogen and oxygen atoms in total. The summed E-state index contributed by atoms with van der Waals surface area (Å²) in [5.41, 5.74) is 0. The molecular formula is C13H24O11. The molecule has 2 aliphatic rings. The lowest BCUT2D eigenvalue weighted by Gasteiger charge is -2.46. The summed E-state index contributed by atoms with van der Waals surface area (Å²) in [7, 11) is 1.23. The Morgan fingerprint density at radius 2 is 1.33 bits per heavy atom. The molecular weight excluding hydrogens is 332 g/mol. The highest BCUT2D eigenvalue weighted by molar-refractivity contribution is 4.94. The number of rotatable bonds is 5. The Bertz CT molecular complexity index is 394. The molecule has 2 heterocycles. The minimum absolute atomic E-state index is 0.608. The van der Waals surface area contributed by atoms with E-state index in [0.29, 0.717) is 0 Å². The molecule has 0 radical (unpaired) electrons. The van der Waals surface area contributed by atoms with E-state index in [1.54, 1.807) is 0 Å². The van der Waals surface area contributed by atoms with Crippen LogP contribution in [0.4, 0.5) is 0 Å². The molecule has 0 saturated carbocycles. The molecule has 0 bridgehead atoms. The molecule has 2 saturated heterocycles. The third-order valence-corrected chi connectivity index (χ3v) is 4.23. The zero-order valence-corrected chi connectivity index (χ0v) is 13.0. The van der Waals surface area contributed by atoms with E-state index in [9.17, 15) is 35.7 Å². The van der Waals surface area contributed by atoms with Gasteiger partial charge in [0.2, 0.25) is 0 Å². The lowest BCUT2D eigenvalue weighted by Crippen LogP contribution is -2.64. The fourth-order valence-electron chi connectivity index (χ4n) is 2.81. The average molecular weight is 356 g/mol. The number of aliphatic hydroxyl groups is 7. The van der Waals surface area contributed by atoms with Crippen molar-refractivity contribution in [2.75, 3.05) is 20.3 Å². The van der Waals surface area contributed by atoms with Crippen LogP contribution in [-0.4, -0.2) is 117 Å². The maximum absolute atomic E-state index is 10.1. The van der Waals surface area contributed by atoms with Crippen molar-refractivity contribution in [2.24, 2.45) is 0 Å². The van der Waals surface area contributed by atoms with Gasteiger partial charge in [-0.05, 0) is 0 Å². The second-order valence-corrected chi connectivity index (χ2v) is 5.74. The molecule has 0 aromatic carbocycles. The molecule has 2 rings (SSSR count). The maximum atomic E-state index is 10.1. The predicted molar refractivity (Wildman–Crippen MR) is 73.4 cm³/mol. The summed E-state index contributed by atoms with van der Waals surface area (Å²) in [6.45, 7) is -1.24. The highest BCUT2D eigenvalue weighted by atomic mass is 16.7. The SMILES string of the molecule is CO[C@H]1[C@@H](O[C@@H]2[C@H](O)[C@@H](O)[C@H](O)O[C@@H]2CO)O[C@H](CO)[C@H](O)[C@@H]1O. The van der Waals surface area contributed by atoms with Crippen LogP contribution in [0.15, 0.2) is 0 Å². The third kappa shape index (κ3) is 3.71. The van der Waals surface area contributed by atoms with Gasteiger partial charge >= 0.3 is 0 Å². The Labute approximate surface area is 137 Å². The molecule has 142 valence electrons. The lowest BCUT2D eigenvalue weighted by atomic mass is 9.97. The standard InChI is InChI=1S/C13H24O11/c1-21-11-7(17)6(16)4(2-14)23-13(11)24-10-5(3-15)22-12(20)9(19)8(10)18/h4-20H,2-3H2,1H3/t4-,5-,6+,7+,8-,9-,10+,11-,12-,13-/m1/s1. The summed E-state index contributed by atoms with van der Waals surface area (Å²) in [5, 5.41) is 67.6. The van der Waals surface area contributed by atoms with Crippen molar-refractivity contribution in [3.8, 4) is 0 Å². The van der Waals surface area contributed by atoms with Crippen molar-refractivity contribution in [2.45, 2.75) is 61.4 Å². The molecule has 0 aromatic heterocycles. The first-order chi connectivity index (χ1) is 11.3. The van der Waals surface area contributed by atoms with Gasteiger partial charge in [0.25, 0.3) is 0 Å². The quantitative estimate of drug-likeness (QED) is 0.251. The first kappa shape index (κ1) is 19.9. The number of hydrogen-bond acceptors (Lipinski definition) is 11. The van der Waals surface area contributed by atoms with Crippen molar-refractivity contribution in [1.29, 1.82) is 0 Å². The first-order valence-corrected chi connectivity index (χ1v) is 7.46. The van der Waals surface area contributed by atoms with E-state index in [1.165, 1.54) is 7.11 Å². The molecule has 0 spiro atoms. The lowest BCUT2D eigenvalue weighted by molar-refractivity contribution is -0.357. The van der Waals surface area contributed by atoms with E-state index >= 15 is 0 Å². The van der Waals surface area contributed by atoms with Gasteiger partial charge in [-0.15, -0.1) is 0 Å². The van der Waals surface area contributed by atoms with Gasteiger partial charge in [0.15, 0.2) is 12.6 Å². The van der Waals surface area contributed by atoms with Gasteiger partial charge in [0.05, 0.1) is 13.2 Å². The van der Waals surface area contributed by atoms with Crippen molar-refractivity contribution in [3.63, 3.8) is 0 Å². The molecule has 10 atom stereocenters. The summed E-state index contributed by atoms with van der Waals surface area (Å²) in [5.74, 6) is 0. The van der Waals surface area contributed by atoms with Crippen LogP contribution in [0, 0.1) is 0 Å². The smallest absolute Gasteiger partial charge is 0.187 e. The minimum atomic E-state index is -1.71. The van der Waals surface area contributed by atoms with E-state index in [2.05, 4.69) is 0 Å². The molecule has 0 amide bonds. The van der Waals surface area contributed by atoms with E-state index in [-0.39, 0.29) is 0 Å². The Balaban J connectivity index is 2.16. The summed E-state index contributed by atoms with van der Waals surface area (Å²) >= 11 is 0. The molecule has 0 aliphatic carbocycles. The molecule has 11 heteroatoms. The summed E-state index contributed by atoms with van der Waals surface area (Å²) in [6.07, 6.45) is -14.1. The molecule has 24 heavy (non-hydrogen) atoms. The normalized spacial score (nSPS) is 50.0. The molecule has 2 aliphatic heterocycles. The third-order valence-electron chi connectivity index (χ3n) is 4.23. The van der Waals surface area contributed by atoms with Crippen molar-refractivity contribution >= 4 is 0 Å². The Hall–Kier alpha value is -0.440. The predicted octanol–water partition coefficient (Wildman–Crippen LogP) is -4.74. The average Bonchev–Trinajstić information content (AvgIpc) is 2.58. The van der Waals surface area contributed by atoms with Crippen LogP contribution in [0.1, 0.15) is 0 Å². The van der Waals surface area contributed by atoms with Gasteiger partial charge < -0.3 is 54.7 Å². The minimum Gasteiger partial charge on any atom is -0.394 e. The second-order valence-electron chi connectivity index (χ2n) is 5.74. The van der Waals surface area contributed by atoms with Gasteiger partial charge in [-0.3, -0.25) is 0 Å². The van der Waals surface area contributed by atoms with Gasteiger partial charge in [-0.25, -0.2) is 0 Å². The van der Waals surface area contributed by atoms with E-state index in [1.807, 2.05) is 0 Å². The van der Waals surface area contributed by atoms with Gasteiger partial charge in [-0.1, -0.05) is 0 Å². The fraction of sp³-hybridized carbons (Fsp3) is 1.00. The van der Waals surface area contributed by atoms with Crippen LogP contribution in [0.5, 0.6) is 0 Å². The van der Waals surface area contributed by atoms with Crippen molar-refractivity contribution in [1.82, 2.24) is 0 Å². The van der Waals surface area contributed by atoms with Gasteiger partial charge in [0.1, 0.15) is 48.8 Å². The Morgan fingerprint density at radius 3 is 1.88 bits per heavy atom. The maximum Gasteiger partial charge on any atom is 0.187 e. The van der Waals surface area contributed by atoms with Crippen LogP contribution >= 0.6 is 0 Å². The van der Waals surface area contributed by atoms with Crippen LogP contribution in [0.2, 0.25) is 0 Å². The van der Waals surface area contributed by atoms with Crippen molar-refractivity contribution in [3.05, 3.63) is 0 Å². The summed E-state index contributed by atoms with van der Waals surface area (Å²) < 4.78 is 20.8. The zero-order valence-electron chi connectivity index (χ0n) is 13.0. The second kappa shape index (κ2) is 8.29. The largest absolute Gasteiger partial charge is 0.394 e. The Kier molecular flexibility index (Phi) is 6.87. The monoisotopic (exact) mass is 356 g/mol. The van der Waals surface area contributed by atoms with E-state index in [4.69, 9.17) is 18.9 Å². The van der Waals surface area contributed by atoms with Gasteiger partial charge in [-0.2, -0.15) is 0 Å².